The van der Waals surface area contributed by atoms with E-state index in [1.165, 1.54) is 36.1 Å². The van der Waals surface area contributed by atoms with E-state index >= 15 is 0 Å². The number of benzene rings is 1. The Bertz CT molecular complexity index is 841. The molecule has 1 N–H and O–H groups in total. The first-order chi connectivity index (χ1) is 14.2. The van der Waals surface area contributed by atoms with Gasteiger partial charge in [0.2, 0.25) is 0 Å². The molecular weight excluding hydrogens is 380 g/mol. The third-order valence-corrected chi connectivity index (χ3v) is 7.76. The highest BCUT2D eigenvalue weighted by molar-refractivity contribution is 7.14. The Balaban J connectivity index is 1.48. The predicted molar refractivity (Wildman–Crippen MR) is 119 cm³/mol. The number of nitrogens with zero attached hydrogens (tertiary/aromatic N) is 1. The molecule has 1 aliphatic carbocycles. The molecular formula is C24H32N2O2S. The van der Waals surface area contributed by atoms with Crippen molar-refractivity contribution in [2.75, 3.05) is 26.7 Å². The van der Waals surface area contributed by atoms with Crippen LogP contribution in [0.5, 0.6) is 5.75 Å². The van der Waals surface area contributed by atoms with Crippen LogP contribution in [0.1, 0.15) is 64.3 Å². The third-order valence-electron chi connectivity index (χ3n) is 6.52. The van der Waals surface area contributed by atoms with E-state index in [1.54, 1.807) is 18.4 Å². The molecule has 0 spiro atoms. The molecule has 1 aromatic carbocycles. The summed E-state index contributed by atoms with van der Waals surface area (Å²) < 4.78 is 5.62. The van der Waals surface area contributed by atoms with Crippen molar-refractivity contribution >= 4 is 17.2 Å². The van der Waals surface area contributed by atoms with E-state index in [0.29, 0.717) is 6.54 Å². The zero-order valence-electron chi connectivity index (χ0n) is 17.6. The van der Waals surface area contributed by atoms with Crippen molar-refractivity contribution < 1.29 is 9.53 Å². The number of para-hydroxylation sites is 1. The molecule has 4 nitrogen and oxygen atoms in total. The molecule has 4 rings (SSSR count). The fourth-order valence-electron chi connectivity index (χ4n) is 4.77. The maximum absolute atomic E-state index is 13.0. The lowest BCUT2D eigenvalue weighted by Crippen LogP contribution is -2.36. The zero-order valence-corrected chi connectivity index (χ0v) is 18.4. The highest BCUT2D eigenvalue weighted by Gasteiger charge is 2.27. The van der Waals surface area contributed by atoms with Crippen LogP contribution in [0.3, 0.4) is 0 Å². The van der Waals surface area contributed by atoms with E-state index < -0.39 is 0 Å². The number of ether oxygens (including phenoxy) is 1. The summed E-state index contributed by atoms with van der Waals surface area (Å²) in [6, 6.07) is 10.5. The third kappa shape index (κ3) is 4.51. The number of amides is 1. The summed E-state index contributed by atoms with van der Waals surface area (Å²) in [5.41, 5.74) is 2.56. The molecule has 1 fully saturated rings. The molecule has 156 valence electrons. The van der Waals surface area contributed by atoms with E-state index in [1.807, 2.05) is 12.1 Å². The Labute approximate surface area is 178 Å². The van der Waals surface area contributed by atoms with Gasteiger partial charge in [0.25, 0.3) is 5.91 Å². The molecule has 0 bridgehead atoms. The lowest BCUT2D eigenvalue weighted by atomic mass is 9.87. The minimum Gasteiger partial charge on any atom is -0.496 e. The van der Waals surface area contributed by atoms with Crippen LogP contribution < -0.4 is 10.1 Å². The number of carbonyl (C=O) groups excluding carboxylic acids is 1. The fourth-order valence-corrected chi connectivity index (χ4v) is 5.89. The molecule has 2 aliphatic rings. The summed E-state index contributed by atoms with van der Waals surface area (Å²) in [7, 11) is 1.72. The SMILES string of the molecule is CC[C@H]1CCc2sc(C(=O)NC[C@H](c3ccccc3OC)N3CCCC3)cc2C1. The number of methoxy groups -OCH3 is 1. The van der Waals surface area contributed by atoms with Crippen molar-refractivity contribution in [2.24, 2.45) is 5.92 Å². The Morgan fingerprint density at radius 2 is 2.10 bits per heavy atom. The van der Waals surface area contributed by atoms with E-state index in [4.69, 9.17) is 4.74 Å². The van der Waals surface area contributed by atoms with E-state index in [9.17, 15) is 4.79 Å². The highest BCUT2D eigenvalue weighted by atomic mass is 32.1. The second kappa shape index (κ2) is 9.31. The van der Waals surface area contributed by atoms with Crippen LogP contribution in [0.4, 0.5) is 0 Å². The number of aryl methyl sites for hydroxylation is 1. The van der Waals surface area contributed by atoms with Crippen LogP contribution in [-0.2, 0) is 12.8 Å². The lowest BCUT2D eigenvalue weighted by Gasteiger charge is -2.29. The second-order valence-corrected chi connectivity index (χ2v) is 9.42. The van der Waals surface area contributed by atoms with Crippen molar-refractivity contribution in [1.29, 1.82) is 0 Å². The fraction of sp³-hybridized carbons (Fsp3) is 0.542. The van der Waals surface area contributed by atoms with Gasteiger partial charge in [0.15, 0.2) is 0 Å². The molecule has 1 aliphatic heterocycles. The first-order valence-electron chi connectivity index (χ1n) is 11.0. The lowest BCUT2D eigenvalue weighted by molar-refractivity contribution is 0.0941. The Kier molecular flexibility index (Phi) is 6.56. The van der Waals surface area contributed by atoms with Crippen molar-refractivity contribution in [3.8, 4) is 5.75 Å². The summed E-state index contributed by atoms with van der Waals surface area (Å²) in [5, 5.41) is 3.23. The van der Waals surface area contributed by atoms with Gasteiger partial charge >= 0.3 is 0 Å². The topological polar surface area (TPSA) is 41.6 Å². The Hall–Kier alpha value is -1.85. The van der Waals surface area contributed by atoms with Crippen LogP contribution in [-0.4, -0.2) is 37.6 Å². The average molecular weight is 413 g/mol. The summed E-state index contributed by atoms with van der Waals surface area (Å²) in [4.78, 5) is 17.7. The van der Waals surface area contributed by atoms with Crippen LogP contribution in [0, 0.1) is 5.92 Å². The number of likely N-dealkylation sites (tertiary alicyclic amines) is 1. The number of thiophene rings is 1. The first kappa shape index (κ1) is 20.4. The molecule has 0 radical (unpaired) electrons. The molecule has 2 atom stereocenters. The summed E-state index contributed by atoms with van der Waals surface area (Å²) in [5.74, 6) is 1.74. The highest BCUT2D eigenvalue weighted by Crippen LogP contribution is 2.34. The number of hydrogen-bond acceptors (Lipinski definition) is 4. The van der Waals surface area contributed by atoms with Gasteiger partial charge in [0.05, 0.1) is 18.0 Å². The van der Waals surface area contributed by atoms with Crippen LogP contribution in [0.2, 0.25) is 0 Å². The van der Waals surface area contributed by atoms with Gasteiger partial charge in [-0.2, -0.15) is 0 Å². The predicted octanol–water partition coefficient (Wildman–Crippen LogP) is 4.84. The minimum atomic E-state index is 0.0662. The minimum absolute atomic E-state index is 0.0662. The van der Waals surface area contributed by atoms with Crippen molar-refractivity contribution in [2.45, 2.75) is 51.5 Å². The summed E-state index contributed by atoms with van der Waals surface area (Å²) in [6.45, 7) is 5.03. The van der Waals surface area contributed by atoms with E-state index in [0.717, 1.165) is 48.0 Å². The van der Waals surface area contributed by atoms with E-state index in [-0.39, 0.29) is 11.9 Å². The number of rotatable bonds is 7. The zero-order chi connectivity index (χ0) is 20.2. The van der Waals surface area contributed by atoms with E-state index in [2.05, 4.69) is 35.3 Å². The van der Waals surface area contributed by atoms with Gasteiger partial charge in [-0.15, -0.1) is 11.3 Å². The first-order valence-corrected chi connectivity index (χ1v) is 11.8. The van der Waals surface area contributed by atoms with Gasteiger partial charge in [0, 0.05) is 17.0 Å². The second-order valence-electron chi connectivity index (χ2n) is 8.29. The molecule has 0 saturated carbocycles. The van der Waals surface area contributed by atoms with Gasteiger partial charge in [-0.05, 0) is 68.8 Å². The van der Waals surface area contributed by atoms with Gasteiger partial charge in [-0.25, -0.2) is 0 Å². The number of carbonyl (C=O) groups is 1. The smallest absolute Gasteiger partial charge is 0.261 e. The maximum atomic E-state index is 13.0. The summed E-state index contributed by atoms with van der Waals surface area (Å²) >= 11 is 1.69. The van der Waals surface area contributed by atoms with Gasteiger partial charge in [-0.1, -0.05) is 31.5 Å². The van der Waals surface area contributed by atoms with Crippen LogP contribution in [0.25, 0.3) is 0 Å². The molecule has 2 heterocycles. The molecule has 1 amide bonds. The number of fused-ring (bicyclic) bond motifs is 1. The van der Waals surface area contributed by atoms with Crippen LogP contribution >= 0.6 is 11.3 Å². The molecule has 2 aromatic rings. The number of nitrogens with one attached hydrogen (secondary N) is 1. The Morgan fingerprint density at radius 3 is 2.86 bits per heavy atom. The normalized spacial score (nSPS) is 20.3. The Morgan fingerprint density at radius 1 is 1.31 bits per heavy atom. The standard InChI is InChI=1S/C24H32N2O2S/c1-3-17-10-11-22-18(14-17)15-23(29-22)24(27)25-16-20(26-12-6-7-13-26)19-8-4-5-9-21(19)28-2/h4-5,8-9,15,17,20H,3,6-7,10-14,16H2,1-2H3,(H,25,27)/t17-,20+/m0/s1. The molecule has 1 aromatic heterocycles. The molecule has 5 heteroatoms. The largest absolute Gasteiger partial charge is 0.496 e. The monoisotopic (exact) mass is 412 g/mol. The van der Waals surface area contributed by atoms with Crippen LogP contribution in [0.15, 0.2) is 30.3 Å². The number of hydrogen-bond donors (Lipinski definition) is 1. The van der Waals surface area contributed by atoms with Gasteiger partial charge < -0.3 is 10.1 Å². The molecule has 0 unspecified atom stereocenters. The molecule has 1 saturated heterocycles. The quantitative estimate of drug-likeness (QED) is 0.708. The van der Waals surface area contributed by atoms with Gasteiger partial charge in [-0.3, -0.25) is 9.69 Å². The molecule has 29 heavy (non-hydrogen) atoms. The van der Waals surface area contributed by atoms with Crippen molar-refractivity contribution in [1.82, 2.24) is 10.2 Å². The summed E-state index contributed by atoms with van der Waals surface area (Å²) in [6.07, 6.45) is 7.19. The van der Waals surface area contributed by atoms with Gasteiger partial charge in [0.1, 0.15) is 5.75 Å². The average Bonchev–Trinajstić information content (AvgIpc) is 3.43. The van der Waals surface area contributed by atoms with Crippen molar-refractivity contribution in [3.05, 3.63) is 51.2 Å². The maximum Gasteiger partial charge on any atom is 0.261 e. The van der Waals surface area contributed by atoms with Crippen molar-refractivity contribution in [3.63, 3.8) is 0 Å².